The van der Waals surface area contributed by atoms with E-state index in [4.69, 9.17) is 8.85 Å². The zero-order valence-corrected chi connectivity index (χ0v) is 12.6. The third-order valence-corrected chi connectivity index (χ3v) is 3.37. The topological polar surface area (TPSA) is 52.6 Å². The van der Waals surface area contributed by atoms with Gasteiger partial charge >= 0.3 is 11.9 Å². The van der Waals surface area contributed by atoms with Crippen LogP contribution in [0.15, 0.2) is 42.5 Å². The van der Waals surface area contributed by atoms with Gasteiger partial charge in [-0.2, -0.15) is 0 Å². The third kappa shape index (κ3) is 3.94. The van der Waals surface area contributed by atoms with E-state index in [0.29, 0.717) is 22.4 Å². The Morgan fingerprint density at radius 3 is 2.43 bits per heavy atom. The fourth-order valence-corrected chi connectivity index (χ4v) is 2.13. The molecule has 0 bridgehead atoms. The van der Waals surface area contributed by atoms with Gasteiger partial charge in [0.25, 0.3) is 0 Å². The van der Waals surface area contributed by atoms with Crippen LogP contribution in [0, 0.1) is 5.82 Å². The monoisotopic (exact) mass is 319 g/mol. The Morgan fingerprint density at radius 1 is 1.17 bits per heavy atom. The highest BCUT2D eigenvalue weighted by Gasteiger charge is 2.17. The van der Waals surface area contributed by atoms with Crippen LogP contribution in [0.4, 0.5) is 4.39 Å². The highest BCUT2D eigenvalue weighted by molar-refractivity contribution is 5.78. The largest absolute Gasteiger partial charge is 0.469 e. The molecule has 0 saturated heterocycles. The number of carbonyl (C=O) groups is 2. The fourth-order valence-electron chi connectivity index (χ4n) is 2.13. The predicted octanol–water partition coefficient (Wildman–Crippen LogP) is 3.69. The molecule has 120 valence electrons. The minimum atomic E-state index is -2.84. The maximum absolute atomic E-state index is 14.5. The lowest BCUT2D eigenvalue weighted by Crippen LogP contribution is -2.11. The second kappa shape index (κ2) is 7.05. The maximum atomic E-state index is 14.5. The molecule has 0 aliphatic heterocycles. The van der Waals surface area contributed by atoms with E-state index in [2.05, 4.69) is 4.74 Å². The van der Waals surface area contributed by atoms with Crippen LogP contribution in [-0.2, 0) is 14.3 Å². The van der Waals surface area contributed by atoms with Gasteiger partial charge in [-0.25, -0.2) is 4.39 Å². The molecule has 0 fully saturated rings. The lowest BCUT2D eigenvalue weighted by molar-refractivity contribution is -0.142. The van der Waals surface area contributed by atoms with Crippen LogP contribution in [0.5, 0.6) is 5.75 Å². The van der Waals surface area contributed by atoms with Crippen molar-refractivity contribution < 1.29 is 27.6 Å². The Morgan fingerprint density at radius 2 is 1.87 bits per heavy atom. The first-order valence-electron chi connectivity index (χ1n) is 8.38. The first-order valence-corrected chi connectivity index (χ1v) is 6.88. The Balaban J connectivity index is 2.21. The van der Waals surface area contributed by atoms with E-state index in [9.17, 15) is 14.0 Å². The van der Waals surface area contributed by atoms with Gasteiger partial charge in [0.1, 0.15) is 11.6 Å². The minimum absolute atomic E-state index is 0.291. The molecule has 0 aliphatic carbocycles. The molecular formula is C18H17FO4. The van der Waals surface area contributed by atoms with Gasteiger partial charge in [0.2, 0.25) is 0 Å². The molecule has 0 heterocycles. The number of carbonyl (C=O) groups excluding carboxylic acids is 2. The van der Waals surface area contributed by atoms with E-state index in [1.165, 1.54) is 32.0 Å². The number of halogens is 1. The van der Waals surface area contributed by atoms with Crippen molar-refractivity contribution in [3.63, 3.8) is 0 Å². The molecule has 0 N–H and O–H groups in total. The molecule has 23 heavy (non-hydrogen) atoms. The predicted molar refractivity (Wildman–Crippen MR) is 83.6 cm³/mol. The Kier molecular flexibility index (Phi) is 3.93. The summed E-state index contributed by atoms with van der Waals surface area (Å²) in [5, 5.41) is 0. The average molecular weight is 319 g/mol. The molecule has 1 unspecified atom stereocenters. The van der Waals surface area contributed by atoms with E-state index in [-0.39, 0.29) is 0 Å². The van der Waals surface area contributed by atoms with Crippen LogP contribution >= 0.6 is 0 Å². The van der Waals surface area contributed by atoms with E-state index >= 15 is 0 Å². The summed E-state index contributed by atoms with van der Waals surface area (Å²) in [6.07, 6.45) is 0. The average Bonchev–Trinajstić information content (AvgIpc) is 2.53. The van der Waals surface area contributed by atoms with Crippen molar-refractivity contribution in [3.05, 3.63) is 53.8 Å². The van der Waals surface area contributed by atoms with Gasteiger partial charge in [-0.3, -0.25) is 9.59 Å². The number of rotatable bonds is 4. The van der Waals surface area contributed by atoms with Crippen LogP contribution in [0.1, 0.15) is 29.4 Å². The summed E-state index contributed by atoms with van der Waals surface area (Å²) in [5.74, 6) is -2.56. The quantitative estimate of drug-likeness (QED) is 0.637. The van der Waals surface area contributed by atoms with Gasteiger partial charge in [0, 0.05) is 12.5 Å². The standard InChI is InChI=1S/C18H17FO4/c1-11(18(21)22-3)14-6-9-16(17(19)10-14)13-4-7-15(8-5-13)23-12(2)20/h4-11H,1-3H3/i3D3. The summed E-state index contributed by atoms with van der Waals surface area (Å²) in [4.78, 5) is 22.7. The Bertz CT molecular complexity index is 816. The second-order valence-electron chi connectivity index (χ2n) is 5.00. The van der Waals surface area contributed by atoms with Crippen molar-refractivity contribution in [2.75, 3.05) is 7.04 Å². The van der Waals surface area contributed by atoms with Gasteiger partial charge in [-0.05, 0) is 36.2 Å². The number of methoxy groups -OCH3 is 1. The molecule has 2 aromatic rings. The number of esters is 2. The summed E-state index contributed by atoms with van der Waals surface area (Å²) in [7, 11) is -2.84. The van der Waals surface area contributed by atoms with Crippen molar-refractivity contribution >= 4 is 11.9 Å². The second-order valence-corrected chi connectivity index (χ2v) is 5.00. The molecule has 2 rings (SSSR count). The SMILES string of the molecule is [2H]C([2H])([2H])OC(=O)C(C)c1ccc(-c2ccc(OC(C)=O)cc2)c(F)c1. The van der Waals surface area contributed by atoms with Crippen LogP contribution in [0.25, 0.3) is 11.1 Å². The molecule has 0 spiro atoms. The smallest absolute Gasteiger partial charge is 0.312 e. The van der Waals surface area contributed by atoms with Crippen molar-refractivity contribution in [1.82, 2.24) is 0 Å². The molecule has 0 radical (unpaired) electrons. The third-order valence-electron chi connectivity index (χ3n) is 3.37. The van der Waals surface area contributed by atoms with Gasteiger partial charge < -0.3 is 9.47 Å². The summed E-state index contributed by atoms with van der Waals surface area (Å²) in [6.45, 7) is 2.72. The molecule has 0 aliphatic rings. The van der Waals surface area contributed by atoms with E-state index in [0.717, 1.165) is 0 Å². The van der Waals surface area contributed by atoms with E-state index in [1.54, 1.807) is 24.3 Å². The molecule has 5 heteroatoms. The summed E-state index contributed by atoms with van der Waals surface area (Å²) in [5.41, 5.74) is 1.15. The van der Waals surface area contributed by atoms with E-state index in [1.807, 2.05) is 0 Å². The number of benzene rings is 2. The zero-order valence-electron chi connectivity index (χ0n) is 15.6. The van der Waals surface area contributed by atoms with Gasteiger partial charge in [0.15, 0.2) is 0 Å². The van der Waals surface area contributed by atoms with E-state index < -0.39 is 30.7 Å². The number of hydrogen-bond acceptors (Lipinski definition) is 4. The first-order chi connectivity index (χ1) is 12.1. The lowest BCUT2D eigenvalue weighted by atomic mass is 9.97. The van der Waals surface area contributed by atoms with Crippen LogP contribution < -0.4 is 4.74 Å². The van der Waals surface area contributed by atoms with Crippen LogP contribution in [0.2, 0.25) is 0 Å². The molecule has 0 saturated carbocycles. The first kappa shape index (κ1) is 12.8. The van der Waals surface area contributed by atoms with Gasteiger partial charge in [-0.15, -0.1) is 0 Å². The molecule has 1 atom stereocenters. The fraction of sp³-hybridized carbons (Fsp3) is 0.222. The molecule has 2 aromatic carbocycles. The summed E-state index contributed by atoms with van der Waals surface area (Å²) < 4.78 is 44.6. The van der Waals surface area contributed by atoms with Crippen molar-refractivity contribution in [2.45, 2.75) is 19.8 Å². The molecule has 0 aromatic heterocycles. The highest BCUT2D eigenvalue weighted by Crippen LogP contribution is 2.28. The Labute approximate surface area is 138 Å². The normalized spacial score (nSPS) is 14.1. The molecular weight excluding hydrogens is 299 g/mol. The molecule has 0 amide bonds. The summed E-state index contributed by atoms with van der Waals surface area (Å²) in [6, 6.07) is 10.5. The van der Waals surface area contributed by atoms with Crippen LogP contribution in [0.3, 0.4) is 0 Å². The Hall–Kier alpha value is -2.69. The van der Waals surface area contributed by atoms with Gasteiger partial charge in [-0.1, -0.05) is 24.3 Å². The number of hydrogen-bond donors (Lipinski definition) is 0. The summed E-state index contributed by atoms with van der Waals surface area (Å²) >= 11 is 0. The minimum Gasteiger partial charge on any atom is -0.469 e. The highest BCUT2D eigenvalue weighted by atomic mass is 19.1. The zero-order chi connectivity index (χ0) is 19.5. The molecule has 4 nitrogen and oxygen atoms in total. The van der Waals surface area contributed by atoms with Gasteiger partial charge in [0.05, 0.1) is 17.1 Å². The lowest BCUT2D eigenvalue weighted by Gasteiger charge is -2.11. The van der Waals surface area contributed by atoms with Crippen molar-refractivity contribution in [3.8, 4) is 16.9 Å². The van der Waals surface area contributed by atoms with Crippen molar-refractivity contribution in [2.24, 2.45) is 0 Å². The number of ether oxygens (including phenoxy) is 2. The van der Waals surface area contributed by atoms with Crippen molar-refractivity contribution in [1.29, 1.82) is 0 Å². The maximum Gasteiger partial charge on any atom is 0.312 e. The van der Waals surface area contributed by atoms with Crippen LogP contribution in [-0.4, -0.2) is 19.0 Å².